The Kier molecular flexibility index (Phi) is 5.24. The Balaban J connectivity index is 2.21. The van der Waals surface area contributed by atoms with E-state index in [2.05, 4.69) is 56.7 Å². The minimum atomic E-state index is -0.0156. The number of hydrogen-bond acceptors (Lipinski definition) is 2. The van der Waals surface area contributed by atoms with E-state index in [0.29, 0.717) is 0 Å². The summed E-state index contributed by atoms with van der Waals surface area (Å²) in [5.41, 5.74) is 8.60. The molecule has 0 radical (unpaired) electrons. The van der Waals surface area contributed by atoms with Gasteiger partial charge < -0.3 is 10.5 Å². The zero-order valence-electron chi connectivity index (χ0n) is 10.6. The Morgan fingerprint density at radius 3 is 2.74 bits per heavy atom. The van der Waals surface area contributed by atoms with Gasteiger partial charge in [-0.1, -0.05) is 28.1 Å². The average Bonchev–Trinajstić information content (AvgIpc) is 2.41. The first-order chi connectivity index (χ1) is 9.10. The number of benzene rings is 2. The summed E-state index contributed by atoms with van der Waals surface area (Å²) < 4.78 is 7.52. The molecule has 0 aliphatic heterocycles. The zero-order valence-corrected chi connectivity index (χ0v) is 14.3. The first kappa shape index (κ1) is 14.8. The predicted octanol–water partition coefficient (Wildman–Crippen LogP) is 4.30. The highest BCUT2D eigenvalue weighted by atomic mass is 127. The van der Waals surface area contributed by atoms with Crippen molar-refractivity contribution >= 4 is 38.5 Å². The maximum Gasteiger partial charge on any atom is 0.119 e. The van der Waals surface area contributed by atoms with E-state index >= 15 is 0 Å². The lowest BCUT2D eigenvalue weighted by molar-refractivity contribution is 0.414. The fraction of sp³-hybridized carbons (Fsp3) is 0.200. The van der Waals surface area contributed by atoms with E-state index in [9.17, 15) is 0 Å². The summed E-state index contributed by atoms with van der Waals surface area (Å²) in [6, 6.07) is 14.2. The molecule has 0 heterocycles. The molecule has 2 rings (SSSR count). The molecular formula is C15H15BrINO. The number of nitrogens with two attached hydrogens (primary N) is 1. The van der Waals surface area contributed by atoms with Crippen LogP contribution in [0.4, 0.5) is 0 Å². The first-order valence-electron chi connectivity index (χ1n) is 5.93. The van der Waals surface area contributed by atoms with Gasteiger partial charge in [0.05, 0.1) is 7.11 Å². The second-order valence-electron chi connectivity index (χ2n) is 4.32. The molecule has 0 bridgehead atoms. The largest absolute Gasteiger partial charge is 0.497 e. The molecule has 4 heteroatoms. The fourth-order valence-corrected chi connectivity index (χ4v) is 2.90. The van der Waals surface area contributed by atoms with Crippen LogP contribution in [0.15, 0.2) is 46.9 Å². The van der Waals surface area contributed by atoms with E-state index in [1.165, 1.54) is 3.57 Å². The Morgan fingerprint density at radius 2 is 2.05 bits per heavy atom. The van der Waals surface area contributed by atoms with E-state index in [1.54, 1.807) is 7.11 Å². The van der Waals surface area contributed by atoms with Crippen LogP contribution in [0.1, 0.15) is 17.2 Å². The molecular weight excluding hydrogens is 417 g/mol. The number of ether oxygens (including phenoxy) is 1. The number of halogens is 2. The summed E-state index contributed by atoms with van der Waals surface area (Å²) in [7, 11) is 1.67. The summed E-state index contributed by atoms with van der Waals surface area (Å²) in [5, 5.41) is 0. The average molecular weight is 432 g/mol. The van der Waals surface area contributed by atoms with Gasteiger partial charge in [-0.05, 0) is 70.5 Å². The second-order valence-corrected chi connectivity index (χ2v) is 6.42. The van der Waals surface area contributed by atoms with Crippen molar-refractivity contribution in [3.8, 4) is 5.75 Å². The highest BCUT2D eigenvalue weighted by molar-refractivity contribution is 14.1. The Morgan fingerprint density at radius 1 is 1.26 bits per heavy atom. The minimum Gasteiger partial charge on any atom is -0.497 e. The molecule has 1 unspecified atom stereocenters. The molecule has 0 aromatic heterocycles. The van der Waals surface area contributed by atoms with Crippen molar-refractivity contribution in [3.63, 3.8) is 0 Å². The maximum atomic E-state index is 6.29. The molecule has 0 fully saturated rings. The molecule has 2 N–H and O–H groups in total. The molecule has 2 aromatic rings. The van der Waals surface area contributed by atoms with Crippen molar-refractivity contribution in [1.29, 1.82) is 0 Å². The highest BCUT2D eigenvalue weighted by Gasteiger charge is 2.10. The molecule has 0 saturated carbocycles. The number of hydrogen-bond donors (Lipinski definition) is 1. The molecule has 0 spiro atoms. The van der Waals surface area contributed by atoms with Crippen LogP contribution in [0.5, 0.6) is 5.75 Å². The van der Waals surface area contributed by atoms with Crippen molar-refractivity contribution in [2.24, 2.45) is 5.73 Å². The SMILES string of the molecule is COc1ccc(Br)c(CC(N)c2cccc(I)c2)c1. The molecule has 0 aliphatic carbocycles. The van der Waals surface area contributed by atoms with Gasteiger partial charge in [0, 0.05) is 14.1 Å². The van der Waals surface area contributed by atoms with Gasteiger partial charge in [0.2, 0.25) is 0 Å². The second kappa shape index (κ2) is 6.72. The summed E-state index contributed by atoms with van der Waals surface area (Å²) in [4.78, 5) is 0. The Labute approximate surface area is 135 Å². The van der Waals surface area contributed by atoms with E-state index in [1.807, 2.05) is 24.3 Å². The molecule has 0 saturated heterocycles. The van der Waals surface area contributed by atoms with Crippen molar-refractivity contribution < 1.29 is 4.74 Å². The third-order valence-electron chi connectivity index (χ3n) is 2.97. The molecule has 19 heavy (non-hydrogen) atoms. The van der Waals surface area contributed by atoms with Gasteiger partial charge in [0.25, 0.3) is 0 Å². The molecule has 0 amide bonds. The summed E-state index contributed by atoms with van der Waals surface area (Å²) in [6.07, 6.45) is 0.776. The molecule has 2 aromatic carbocycles. The smallest absolute Gasteiger partial charge is 0.119 e. The summed E-state index contributed by atoms with van der Waals surface area (Å²) >= 11 is 5.87. The van der Waals surface area contributed by atoms with Crippen LogP contribution in [0.25, 0.3) is 0 Å². The molecule has 2 nitrogen and oxygen atoms in total. The Hall–Kier alpha value is -0.590. The standard InChI is InChI=1S/C15H15BrINO/c1-19-13-5-6-14(16)11(8-13)9-15(18)10-3-2-4-12(17)7-10/h2-8,15H,9,18H2,1H3. The quantitative estimate of drug-likeness (QED) is 0.732. The van der Waals surface area contributed by atoms with E-state index < -0.39 is 0 Å². The summed E-state index contributed by atoms with van der Waals surface area (Å²) in [6.45, 7) is 0. The first-order valence-corrected chi connectivity index (χ1v) is 7.81. The topological polar surface area (TPSA) is 35.2 Å². The van der Waals surface area contributed by atoms with Crippen LogP contribution in [0, 0.1) is 3.57 Å². The lowest BCUT2D eigenvalue weighted by Gasteiger charge is -2.14. The van der Waals surface area contributed by atoms with Crippen LogP contribution in [-0.4, -0.2) is 7.11 Å². The Bertz CT molecular complexity index is 574. The lowest BCUT2D eigenvalue weighted by atomic mass is 10.00. The molecule has 0 aliphatic rings. The van der Waals surface area contributed by atoms with Crippen LogP contribution in [0.2, 0.25) is 0 Å². The van der Waals surface area contributed by atoms with Gasteiger partial charge in [0.15, 0.2) is 0 Å². The van der Waals surface area contributed by atoms with Gasteiger partial charge in [0.1, 0.15) is 5.75 Å². The van der Waals surface area contributed by atoms with Gasteiger partial charge in [-0.15, -0.1) is 0 Å². The van der Waals surface area contributed by atoms with Crippen molar-refractivity contribution in [2.75, 3.05) is 7.11 Å². The lowest BCUT2D eigenvalue weighted by Crippen LogP contribution is -2.13. The maximum absolute atomic E-state index is 6.29. The van der Waals surface area contributed by atoms with Crippen LogP contribution < -0.4 is 10.5 Å². The predicted molar refractivity (Wildman–Crippen MR) is 90.5 cm³/mol. The monoisotopic (exact) mass is 431 g/mol. The van der Waals surface area contributed by atoms with Crippen LogP contribution in [-0.2, 0) is 6.42 Å². The van der Waals surface area contributed by atoms with E-state index in [-0.39, 0.29) is 6.04 Å². The van der Waals surface area contributed by atoms with Crippen molar-refractivity contribution in [2.45, 2.75) is 12.5 Å². The van der Waals surface area contributed by atoms with Crippen LogP contribution in [0.3, 0.4) is 0 Å². The van der Waals surface area contributed by atoms with Crippen LogP contribution >= 0.6 is 38.5 Å². The van der Waals surface area contributed by atoms with Gasteiger partial charge in [-0.2, -0.15) is 0 Å². The molecule has 1 atom stereocenters. The zero-order chi connectivity index (χ0) is 13.8. The van der Waals surface area contributed by atoms with Crippen molar-refractivity contribution in [1.82, 2.24) is 0 Å². The fourth-order valence-electron chi connectivity index (χ4n) is 1.93. The normalized spacial score (nSPS) is 12.2. The van der Waals surface area contributed by atoms with Gasteiger partial charge >= 0.3 is 0 Å². The van der Waals surface area contributed by atoms with E-state index in [4.69, 9.17) is 10.5 Å². The third-order valence-corrected chi connectivity index (χ3v) is 4.41. The van der Waals surface area contributed by atoms with E-state index in [0.717, 1.165) is 27.8 Å². The van der Waals surface area contributed by atoms with Gasteiger partial charge in [-0.25, -0.2) is 0 Å². The highest BCUT2D eigenvalue weighted by Crippen LogP contribution is 2.26. The minimum absolute atomic E-state index is 0.0156. The number of rotatable bonds is 4. The molecule has 100 valence electrons. The third kappa shape index (κ3) is 3.94. The van der Waals surface area contributed by atoms with Gasteiger partial charge in [-0.3, -0.25) is 0 Å². The summed E-state index contributed by atoms with van der Waals surface area (Å²) in [5.74, 6) is 0.855. The number of methoxy groups -OCH3 is 1. The van der Waals surface area contributed by atoms with Crippen molar-refractivity contribution in [3.05, 3.63) is 61.6 Å².